The molecule has 0 aliphatic heterocycles. The molecule has 0 fully saturated rings. The fraction of sp³-hybridized carbons (Fsp3) is 0.0455. The molecule has 1 N–H and O–H groups in total. The summed E-state index contributed by atoms with van der Waals surface area (Å²) in [4.78, 5) is 11.1. The first-order valence-electron chi connectivity index (χ1n) is 8.40. The zero-order valence-corrected chi connectivity index (χ0v) is 14.3. The predicted octanol–water partition coefficient (Wildman–Crippen LogP) is 4.50. The molecule has 1 aliphatic carbocycles. The lowest BCUT2D eigenvalue weighted by atomic mass is 10.1. The van der Waals surface area contributed by atoms with Crippen LogP contribution in [0.2, 0.25) is 0 Å². The Morgan fingerprint density at radius 2 is 1.35 bits per heavy atom. The molecule has 3 aromatic rings. The van der Waals surface area contributed by atoms with Gasteiger partial charge in [-0.05, 0) is 28.8 Å². The minimum absolute atomic E-state index is 0.0867. The van der Waals surface area contributed by atoms with E-state index < -0.39 is 0 Å². The van der Waals surface area contributed by atoms with Crippen LogP contribution in [0.5, 0.6) is 0 Å². The Morgan fingerprint density at radius 3 is 1.88 bits per heavy atom. The largest absolute Gasteiger partial charge is 0.326 e. The van der Waals surface area contributed by atoms with Crippen LogP contribution in [0.25, 0.3) is 11.1 Å². The van der Waals surface area contributed by atoms with E-state index in [1.54, 1.807) is 6.21 Å². The first-order chi connectivity index (χ1) is 12.7. The number of hydrogen-bond acceptors (Lipinski definition) is 3. The molecular formula is C22H17N3O. The van der Waals surface area contributed by atoms with Gasteiger partial charge in [0, 0.05) is 23.7 Å². The molecule has 0 spiro atoms. The molecule has 26 heavy (non-hydrogen) atoms. The number of carbonyl (C=O) groups is 1. The normalized spacial score (nSPS) is 12.0. The molecule has 0 saturated carbocycles. The second-order valence-electron chi connectivity index (χ2n) is 6.09. The smallest absolute Gasteiger partial charge is 0.221 e. The Hall–Kier alpha value is -3.53. The van der Waals surface area contributed by atoms with Crippen LogP contribution in [-0.4, -0.2) is 17.8 Å². The van der Waals surface area contributed by atoms with Crippen molar-refractivity contribution in [2.75, 3.05) is 5.32 Å². The maximum Gasteiger partial charge on any atom is 0.221 e. The van der Waals surface area contributed by atoms with Gasteiger partial charge in [-0.15, -0.1) is 5.10 Å². The second kappa shape index (κ2) is 6.76. The van der Waals surface area contributed by atoms with Gasteiger partial charge in [-0.3, -0.25) is 4.79 Å². The minimum Gasteiger partial charge on any atom is -0.326 e. The molecular weight excluding hydrogens is 322 g/mol. The Bertz CT molecular complexity index is 986. The van der Waals surface area contributed by atoms with Gasteiger partial charge in [0.2, 0.25) is 5.91 Å². The monoisotopic (exact) mass is 339 g/mol. The molecule has 4 nitrogen and oxygen atoms in total. The van der Waals surface area contributed by atoms with Gasteiger partial charge >= 0.3 is 0 Å². The highest BCUT2D eigenvalue weighted by molar-refractivity contribution is 6.24. The van der Waals surface area contributed by atoms with Gasteiger partial charge < -0.3 is 5.32 Å². The molecule has 126 valence electrons. The van der Waals surface area contributed by atoms with Crippen LogP contribution in [-0.2, 0) is 4.79 Å². The van der Waals surface area contributed by atoms with Gasteiger partial charge in [0.05, 0.1) is 6.21 Å². The predicted molar refractivity (Wildman–Crippen MR) is 106 cm³/mol. The van der Waals surface area contributed by atoms with Crippen molar-refractivity contribution in [2.24, 2.45) is 10.2 Å². The Morgan fingerprint density at radius 1 is 0.808 bits per heavy atom. The number of amides is 1. The lowest BCUT2D eigenvalue weighted by Gasteiger charge is -2.01. The number of hydrogen-bond donors (Lipinski definition) is 1. The zero-order valence-electron chi connectivity index (χ0n) is 14.3. The van der Waals surface area contributed by atoms with E-state index in [1.165, 1.54) is 18.1 Å². The topological polar surface area (TPSA) is 53.8 Å². The van der Waals surface area contributed by atoms with Gasteiger partial charge in [-0.2, -0.15) is 5.10 Å². The molecule has 0 radical (unpaired) electrons. The Kier molecular flexibility index (Phi) is 4.15. The molecule has 3 aromatic carbocycles. The highest BCUT2D eigenvalue weighted by Crippen LogP contribution is 2.36. The molecule has 1 amide bonds. The van der Waals surface area contributed by atoms with Gasteiger partial charge in [-0.1, -0.05) is 60.7 Å². The molecule has 0 atom stereocenters. The van der Waals surface area contributed by atoms with E-state index in [9.17, 15) is 4.79 Å². The van der Waals surface area contributed by atoms with E-state index in [0.717, 1.165) is 28.1 Å². The van der Waals surface area contributed by atoms with E-state index in [1.807, 2.05) is 48.5 Å². The molecule has 0 bridgehead atoms. The molecule has 0 heterocycles. The number of nitrogens with zero attached hydrogens (tertiary/aromatic N) is 2. The summed E-state index contributed by atoms with van der Waals surface area (Å²) in [6.45, 7) is 1.49. The second-order valence-corrected chi connectivity index (χ2v) is 6.09. The fourth-order valence-corrected chi connectivity index (χ4v) is 3.11. The van der Waals surface area contributed by atoms with Crippen molar-refractivity contribution in [3.8, 4) is 11.1 Å². The zero-order chi connectivity index (χ0) is 17.9. The van der Waals surface area contributed by atoms with Crippen molar-refractivity contribution >= 4 is 23.5 Å². The molecule has 4 heteroatoms. The van der Waals surface area contributed by atoms with Crippen LogP contribution in [0, 0.1) is 0 Å². The average Bonchev–Trinajstić information content (AvgIpc) is 2.97. The van der Waals surface area contributed by atoms with Crippen LogP contribution in [0.15, 0.2) is 83.0 Å². The summed E-state index contributed by atoms with van der Waals surface area (Å²) < 4.78 is 0. The summed E-state index contributed by atoms with van der Waals surface area (Å²) >= 11 is 0. The van der Waals surface area contributed by atoms with Crippen molar-refractivity contribution < 1.29 is 4.79 Å². The number of carbonyl (C=O) groups excluding carboxylic acids is 1. The highest BCUT2D eigenvalue weighted by Gasteiger charge is 2.23. The number of anilines is 1. The van der Waals surface area contributed by atoms with Crippen molar-refractivity contribution in [3.05, 3.63) is 89.5 Å². The van der Waals surface area contributed by atoms with Gasteiger partial charge in [0.1, 0.15) is 5.71 Å². The van der Waals surface area contributed by atoms with Crippen LogP contribution >= 0.6 is 0 Å². The first-order valence-corrected chi connectivity index (χ1v) is 8.40. The fourth-order valence-electron chi connectivity index (χ4n) is 3.11. The van der Waals surface area contributed by atoms with Crippen molar-refractivity contribution in [2.45, 2.75) is 6.92 Å². The van der Waals surface area contributed by atoms with Gasteiger partial charge in [0.25, 0.3) is 0 Å². The summed E-state index contributed by atoms with van der Waals surface area (Å²) in [5, 5.41) is 11.5. The van der Waals surface area contributed by atoms with E-state index in [0.29, 0.717) is 0 Å². The molecule has 0 saturated heterocycles. The Balaban J connectivity index is 1.63. The lowest BCUT2D eigenvalue weighted by Crippen LogP contribution is -2.05. The maximum absolute atomic E-state index is 11.1. The van der Waals surface area contributed by atoms with Gasteiger partial charge in [0.15, 0.2) is 0 Å². The van der Waals surface area contributed by atoms with E-state index in [2.05, 4.69) is 39.8 Å². The van der Waals surface area contributed by atoms with Crippen molar-refractivity contribution in [1.29, 1.82) is 0 Å². The maximum atomic E-state index is 11.1. The van der Waals surface area contributed by atoms with E-state index in [-0.39, 0.29) is 5.91 Å². The van der Waals surface area contributed by atoms with E-state index >= 15 is 0 Å². The van der Waals surface area contributed by atoms with Crippen LogP contribution in [0.1, 0.15) is 23.6 Å². The standard InChI is InChI=1S/C22H17N3O/c1-15(26)24-17-12-10-16(11-13-17)14-23-25-22-20-8-4-2-6-18(20)19-7-3-5-9-21(19)22/h2-14H,1H3,(H,24,26)/b23-14+. The third-order valence-electron chi connectivity index (χ3n) is 4.25. The number of fused-ring (bicyclic) bond motifs is 3. The van der Waals surface area contributed by atoms with E-state index in [4.69, 9.17) is 0 Å². The quantitative estimate of drug-likeness (QED) is 0.434. The molecule has 4 rings (SSSR count). The third kappa shape index (κ3) is 3.05. The number of rotatable bonds is 3. The minimum atomic E-state index is -0.0867. The highest BCUT2D eigenvalue weighted by atomic mass is 16.1. The summed E-state index contributed by atoms with van der Waals surface area (Å²) in [6, 6.07) is 24.0. The first kappa shape index (κ1) is 16.0. The SMILES string of the molecule is CC(=O)Nc1ccc(/C=N/N=C2c3ccccc3-c3ccccc32)cc1. The summed E-state index contributed by atoms with van der Waals surface area (Å²) in [5.74, 6) is -0.0867. The average molecular weight is 339 g/mol. The lowest BCUT2D eigenvalue weighted by molar-refractivity contribution is -0.114. The summed E-state index contributed by atoms with van der Waals surface area (Å²) in [5.41, 5.74) is 7.16. The van der Waals surface area contributed by atoms with Crippen LogP contribution < -0.4 is 5.32 Å². The van der Waals surface area contributed by atoms with Crippen molar-refractivity contribution in [3.63, 3.8) is 0 Å². The Labute approximate surface area is 151 Å². The molecule has 0 unspecified atom stereocenters. The summed E-state index contributed by atoms with van der Waals surface area (Å²) in [7, 11) is 0. The van der Waals surface area contributed by atoms with Crippen LogP contribution in [0.3, 0.4) is 0 Å². The summed E-state index contributed by atoms with van der Waals surface area (Å²) in [6.07, 6.45) is 1.72. The van der Waals surface area contributed by atoms with Gasteiger partial charge in [-0.25, -0.2) is 0 Å². The van der Waals surface area contributed by atoms with Crippen molar-refractivity contribution in [1.82, 2.24) is 0 Å². The third-order valence-corrected chi connectivity index (χ3v) is 4.25. The number of benzene rings is 3. The molecule has 0 aromatic heterocycles. The molecule has 1 aliphatic rings. The number of nitrogens with one attached hydrogen (secondary N) is 1. The van der Waals surface area contributed by atoms with Crippen LogP contribution in [0.4, 0.5) is 5.69 Å².